The number of rotatable bonds is 4. The summed E-state index contributed by atoms with van der Waals surface area (Å²) in [6, 6.07) is 41.7. The lowest BCUT2D eigenvalue weighted by Crippen LogP contribution is -2.32. The molecule has 2 aliphatic rings. The third kappa shape index (κ3) is 3.79. The fourth-order valence-electron chi connectivity index (χ4n) is 6.86. The normalized spacial score (nSPS) is 16.7. The summed E-state index contributed by atoms with van der Waals surface area (Å²) < 4.78 is 4.77. The minimum atomic E-state index is -0.142. The van der Waals surface area contributed by atoms with Gasteiger partial charge in [-0.3, -0.25) is 0 Å². The van der Waals surface area contributed by atoms with Crippen LogP contribution in [-0.4, -0.2) is 15.0 Å². The van der Waals surface area contributed by atoms with Gasteiger partial charge in [0.1, 0.15) is 12.0 Å². The highest BCUT2D eigenvalue weighted by atomic mass is 15.5. The van der Waals surface area contributed by atoms with E-state index in [0.717, 1.165) is 35.6 Å². The lowest BCUT2D eigenvalue weighted by molar-refractivity contribution is 0.574. The van der Waals surface area contributed by atoms with E-state index >= 15 is 0 Å². The van der Waals surface area contributed by atoms with Crippen LogP contribution in [0.4, 0.5) is 0 Å². The van der Waals surface area contributed by atoms with Crippen LogP contribution in [0, 0.1) is 0 Å². The Kier molecular flexibility index (Phi) is 5.40. The van der Waals surface area contributed by atoms with Crippen molar-refractivity contribution >= 4 is 49.4 Å². The predicted molar refractivity (Wildman–Crippen MR) is 178 cm³/mol. The molecule has 0 spiro atoms. The molecule has 43 heavy (non-hydrogen) atoms. The molecule has 3 heterocycles. The molecule has 0 fully saturated rings. The average molecular weight is 556 g/mol. The Hall–Kier alpha value is -5.39. The van der Waals surface area contributed by atoms with Gasteiger partial charge in [0.05, 0.1) is 22.1 Å². The van der Waals surface area contributed by atoms with Gasteiger partial charge in [0.2, 0.25) is 0 Å². The fourth-order valence-corrected chi connectivity index (χ4v) is 6.86. The minimum absolute atomic E-state index is 0.142. The number of para-hydroxylation sites is 3. The largest absolute Gasteiger partial charge is 0.309 e. The first-order valence-corrected chi connectivity index (χ1v) is 14.9. The molecule has 1 unspecified atom stereocenters. The van der Waals surface area contributed by atoms with E-state index in [4.69, 9.17) is 4.99 Å². The minimum Gasteiger partial charge on any atom is -0.309 e. The van der Waals surface area contributed by atoms with Gasteiger partial charge in [-0.05, 0) is 72.5 Å². The number of aromatic nitrogens is 2. The Labute approximate surface area is 249 Å². The van der Waals surface area contributed by atoms with Gasteiger partial charge in [-0.2, -0.15) is 0 Å². The van der Waals surface area contributed by atoms with Gasteiger partial charge in [-0.25, -0.2) is 10.4 Å². The van der Waals surface area contributed by atoms with E-state index in [9.17, 15) is 0 Å². The topological polar surface area (TPSA) is 46.3 Å². The van der Waals surface area contributed by atoms with Crippen LogP contribution in [0.3, 0.4) is 0 Å². The van der Waals surface area contributed by atoms with Crippen molar-refractivity contribution in [2.45, 2.75) is 19.0 Å². The molecule has 9 rings (SSSR count). The first-order chi connectivity index (χ1) is 21.3. The number of nitrogens with zero attached hydrogens (tertiary/aromatic N) is 3. The first kappa shape index (κ1) is 24.2. The molecule has 0 saturated heterocycles. The molecular formula is C38H29N5. The molecule has 1 aliphatic heterocycles. The van der Waals surface area contributed by atoms with Crippen molar-refractivity contribution in [3.63, 3.8) is 0 Å². The van der Waals surface area contributed by atoms with E-state index in [1.54, 1.807) is 0 Å². The summed E-state index contributed by atoms with van der Waals surface area (Å²) in [5.74, 6) is 0.939. The van der Waals surface area contributed by atoms with E-state index in [-0.39, 0.29) is 6.17 Å². The van der Waals surface area contributed by atoms with Crippen molar-refractivity contribution in [1.29, 1.82) is 0 Å². The van der Waals surface area contributed by atoms with Crippen LogP contribution in [0.2, 0.25) is 0 Å². The molecule has 206 valence electrons. The van der Waals surface area contributed by atoms with E-state index < -0.39 is 0 Å². The second-order valence-electron chi connectivity index (χ2n) is 11.3. The third-order valence-corrected chi connectivity index (χ3v) is 8.84. The molecule has 5 aromatic carbocycles. The first-order valence-electron chi connectivity index (χ1n) is 14.9. The Morgan fingerprint density at radius 3 is 1.91 bits per heavy atom. The number of aliphatic imine (C=N–C) groups is 1. The van der Waals surface area contributed by atoms with Gasteiger partial charge >= 0.3 is 0 Å². The maximum atomic E-state index is 5.00. The van der Waals surface area contributed by atoms with E-state index in [1.165, 1.54) is 49.2 Å². The summed E-state index contributed by atoms with van der Waals surface area (Å²) in [6.45, 7) is 0. The van der Waals surface area contributed by atoms with Crippen molar-refractivity contribution in [3.8, 4) is 11.4 Å². The van der Waals surface area contributed by atoms with Crippen LogP contribution in [0.1, 0.15) is 24.6 Å². The number of fused-ring (bicyclic) bond motifs is 6. The number of hydrogen-bond acceptors (Lipinski definition) is 3. The zero-order valence-electron chi connectivity index (χ0n) is 23.5. The number of nitrogens with one attached hydrogen (secondary N) is 2. The molecule has 2 N–H and O–H groups in total. The van der Waals surface area contributed by atoms with Crippen LogP contribution in [0.25, 0.3) is 55.0 Å². The van der Waals surface area contributed by atoms with Crippen LogP contribution < -0.4 is 10.9 Å². The highest BCUT2D eigenvalue weighted by molar-refractivity contribution is 6.12. The Balaban J connectivity index is 1.20. The van der Waals surface area contributed by atoms with E-state index in [0.29, 0.717) is 0 Å². The Bertz CT molecular complexity index is 2260. The fraction of sp³-hybridized carbons (Fsp3) is 0.0789. The summed E-state index contributed by atoms with van der Waals surface area (Å²) in [4.78, 5) is 5.00. The Morgan fingerprint density at radius 2 is 1.23 bits per heavy atom. The zero-order valence-corrected chi connectivity index (χ0v) is 23.5. The smallest absolute Gasteiger partial charge is 0.144 e. The highest BCUT2D eigenvalue weighted by Gasteiger charge is 2.22. The second-order valence-corrected chi connectivity index (χ2v) is 11.3. The maximum Gasteiger partial charge on any atom is 0.144 e. The summed E-state index contributed by atoms with van der Waals surface area (Å²) in [5, 5.41) is 5.02. The maximum absolute atomic E-state index is 5.00. The van der Waals surface area contributed by atoms with E-state index in [2.05, 4.69) is 153 Å². The summed E-state index contributed by atoms with van der Waals surface area (Å²) in [5.41, 5.74) is 16.2. The van der Waals surface area contributed by atoms with Gasteiger partial charge in [-0.15, -0.1) is 0 Å². The lowest BCUT2D eigenvalue weighted by atomic mass is 10.0. The van der Waals surface area contributed by atoms with E-state index in [1.807, 2.05) is 0 Å². The predicted octanol–water partition coefficient (Wildman–Crippen LogP) is 8.66. The average Bonchev–Trinajstić information content (AvgIpc) is 3.78. The van der Waals surface area contributed by atoms with Gasteiger partial charge in [0.25, 0.3) is 0 Å². The second kappa shape index (κ2) is 9.58. The standard InChI is InChI=1S/C38H29N5/c1-2-11-25(12-3-1)37-39-38(41-40-37)26-13-10-14-27(23-26)42-35-20-9-6-17-31(35)32-24-28(21-22-36(32)42)43-33-18-7-4-15-29(33)30-16-5-8-19-34(30)43/h1-2,4-11,13-24,38,41H,3,12H2,(H,39,40). The zero-order chi connectivity index (χ0) is 28.3. The molecule has 2 aromatic heterocycles. The van der Waals surface area contributed by atoms with Crippen LogP contribution in [0.5, 0.6) is 0 Å². The number of amidine groups is 1. The summed E-state index contributed by atoms with van der Waals surface area (Å²) in [6.07, 6.45) is 8.39. The molecule has 7 aromatic rings. The number of allylic oxidation sites excluding steroid dienone is 3. The van der Waals surface area contributed by atoms with Crippen molar-refractivity contribution < 1.29 is 0 Å². The molecule has 1 atom stereocenters. The number of hydrogen-bond donors (Lipinski definition) is 2. The van der Waals surface area contributed by atoms with Crippen LogP contribution in [0.15, 0.2) is 144 Å². The van der Waals surface area contributed by atoms with Crippen molar-refractivity contribution in [1.82, 2.24) is 20.0 Å². The molecule has 1 aliphatic carbocycles. The van der Waals surface area contributed by atoms with Gasteiger partial charge in [-0.1, -0.05) is 85.0 Å². The van der Waals surface area contributed by atoms with Gasteiger partial charge in [0.15, 0.2) is 0 Å². The van der Waals surface area contributed by atoms with Gasteiger partial charge < -0.3 is 14.6 Å². The van der Waals surface area contributed by atoms with Crippen molar-refractivity contribution in [2.75, 3.05) is 0 Å². The summed E-state index contributed by atoms with van der Waals surface area (Å²) in [7, 11) is 0. The molecule has 0 bridgehead atoms. The van der Waals surface area contributed by atoms with Gasteiger partial charge in [0, 0.05) is 32.9 Å². The highest BCUT2D eigenvalue weighted by Crippen LogP contribution is 2.37. The van der Waals surface area contributed by atoms with Crippen molar-refractivity contribution in [3.05, 3.63) is 145 Å². The summed E-state index contributed by atoms with van der Waals surface area (Å²) >= 11 is 0. The molecule has 5 heteroatoms. The number of benzene rings is 5. The molecular weight excluding hydrogens is 526 g/mol. The molecule has 5 nitrogen and oxygen atoms in total. The van der Waals surface area contributed by atoms with Crippen LogP contribution in [-0.2, 0) is 0 Å². The monoisotopic (exact) mass is 555 g/mol. The quantitative estimate of drug-likeness (QED) is 0.228. The van der Waals surface area contributed by atoms with Crippen LogP contribution >= 0.6 is 0 Å². The number of hydrazine groups is 1. The Morgan fingerprint density at radius 1 is 0.605 bits per heavy atom. The van der Waals surface area contributed by atoms with Crippen molar-refractivity contribution in [2.24, 2.45) is 4.99 Å². The third-order valence-electron chi connectivity index (χ3n) is 8.84. The lowest BCUT2D eigenvalue weighted by Gasteiger charge is -2.13. The molecule has 0 amide bonds. The SMILES string of the molecule is C1=CCCC(C2=NC(c3cccc(-n4c5ccccc5c5cc(-n6c7ccccc7c7ccccc76)ccc54)c3)NN2)=C1. The molecule has 0 saturated carbocycles. The molecule has 0 radical (unpaired) electrons.